The Morgan fingerprint density at radius 3 is 1.19 bits per heavy atom. The number of unbranched alkanes of at least 4 members (excludes halogenated alkanes) is 41. The van der Waals surface area contributed by atoms with E-state index in [0.29, 0.717) is 6.42 Å². The number of aliphatic hydroxyl groups is 6. The molecular weight excluding hydrogens is 939 g/mol. The molecule has 10 nitrogen and oxygen atoms in total. The predicted molar refractivity (Wildman–Crippen MR) is 315 cm³/mol. The first-order valence-electron chi connectivity index (χ1n) is 32.3. The number of allylic oxidation sites excluding steroid dienone is 5. The van der Waals surface area contributed by atoms with Gasteiger partial charge in [-0.2, -0.15) is 0 Å². The van der Waals surface area contributed by atoms with Crippen LogP contribution in [0.2, 0.25) is 0 Å². The average molecular weight is 1060 g/mol. The summed E-state index contributed by atoms with van der Waals surface area (Å²) in [5.74, 6) is -0.612. The molecule has 442 valence electrons. The second kappa shape index (κ2) is 54.3. The third-order valence-corrected chi connectivity index (χ3v) is 15.6. The monoisotopic (exact) mass is 1060 g/mol. The van der Waals surface area contributed by atoms with Crippen LogP contribution in [0, 0.1) is 0 Å². The van der Waals surface area contributed by atoms with Crippen LogP contribution in [-0.2, 0) is 14.3 Å². The Morgan fingerprint density at radius 1 is 0.467 bits per heavy atom. The van der Waals surface area contributed by atoms with Gasteiger partial charge in [-0.15, -0.1) is 0 Å². The topological polar surface area (TPSA) is 169 Å². The number of ether oxygens (including phenoxy) is 2. The van der Waals surface area contributed by atoms with Crippen LogP contribution in [0.5, 0.6) is 0 Å². The second-order valence-electron chi connectivity index (χ2n) is 22.7. The van der Waals surface area contributed by atoms with E-state index in [4.69, 9.17) is 9.47 Å². The summed E-state index contributed by atoms with van der Waals surface area (Å²) in [6, 6.07) is -0.980. The largest absolute Gasteiger partial charge is 0.394 e. The zero-order valence-electron chi connectivity index (χ0n) is 48.9. The summed E-state index contributed by atoms with van der Waals surface area (Å²) in [5, 5.41) is 65.1. The molecule has 1 aliphatic rings. The third-order valence-electron chi connectivity index (χ3n) is 15.6. The van der Waals surface area contributed by atoms with E-state index in [-0.39, 0.29) is 6.61 Å². The summed E-state index contributed by atoms with van der Waals surface area (Å²) in [6.07, 6.45) is 61.3. The van der Waals surface area contributed by atoms with E-state index in [2.05, 4.69) is 43.5 Å². The minimum Gasteiger partial charge on any atom is -0.394 e. The van der Waals surface area contributed by atoms with E-state index in [1.54, 1.807) is 6.08 Å². The summed E-state index contributed by atoms with van der Waals surface area (Å²) >= 11 is 0. The molecule has 8 atom stereocenters. The van der Waals surface area contributed by atoms with Crippen LogP contribution in [0.3, 0.4) is 0 Å². The lowest BCUT2D eigenvalue weighted by Crippen LogP contribution is -2.60. The molecule has 7 N–H and O–H groups in total. The van der Waals surface area contributed by atoms with Crippen molar-refractivity contribution in [1.29, 1.82) is 0 Å². The Morgan fingerprint density at radius 2 is 0.813 bits per heavy atom. The predicted octanol–water partition coefficient (Wildman–Crippen LogP) is 15.7. The highest BCUT2D eigenvalue weighted by Gasteiger charge is 2.44. The molecule has 8 unspecified atom stereocenters. The molecule has 1 aliphatic heterocycles. The van der Waals surface area contributed by atoms with Gasteiger partial charge in [-0.3, -0.25) is 4.79 Å². The van der Waals surface area contributed by atoms with Gasteiger partial charge in [-0.1, -0.05) is 294 Å². The van der Waals surface area contributed by atoms with Gasteiger partial charge in [-0.05, 0) is 51.4 Å². The lowest BCUT2D eigenvalue weighted by atomic mass is 9.99. The lowest BCUT2D eigenvalue weighted by molar-refractivity contribution is -0.302. The van der Waals surface area contributed by atoms with Crippen molar-refractivity contribution in [2.45, 2.75) is 358 Å². The van der Waals surface area contributed by atoms with Crippen LogP contribution in [0.25, 0.3) is 0 Å². The fraction of sp³-hybridized carbons (Fsp3) is 0.892. The van der Waals surface area contributed by atoms with Crippen molar-refractivity contribution >= 4 is 5.91 Å². The minimum absolute atomic E-state index is 0.303. The van der Waals surface area contributed by atoms with Gasteiger partial charge in [0.1, 0.15) is 30.5 Å². The molecule has 0 aromatic carbocycles. The lowest BCUT2D eigenvalue weighted by Gasteiger charge is -2.40. The summed E-state index contributed by atoms with van der Waals surface area (Å²) < 4.78 is 11.2. The second-order valence-corrected chi connectivity index (χ2v) is 22.7. The highest BCUT2D eigenvalue weighted by atomic mass is 16.7. The zero-order chi connectivity index (χ0) is 54.5. The quantitative estimate of drug-likeness (QED) is 0.0232. The number of amides is 1. The summed E-state index contributed by atoms with van der Waals surface area (Å²) in [5.41, 5.74) is 0. The number of carbonyl (C=O) groups is 1. The molecule has 1 fully saturated rings. The highest BCUT2D eigenvalue weighted by Crippen LogP contribution is 2.23. The molecule has 1 heterocycles. The first-order chi connectivity index (χ1) is 36.8. The summed E-state index contributed by atoms with van der Waals surface area (Å²) in [4.78, 5) is 13.2. The summed E-state index contributed by atoms with van der Waals surface area (Å²) in [7, 11) is 0. The fourth-order valence-electron chi connectivity index (χ4n) is 10.4. The summed E-state index contributed by atoms with van der Waals surface area (Å²) in [6.45, 7) is 3.65. The number of carbonyl (C=O) groups excluding carboxylic acids is 1. The molecule has 1 amide bonds. The van der Waals surface area contributed by atoms with Crippen LogP contribution in [0.4, 0.5) is 0 Å². The molecule has 0 bridgehead atoms. The Balaban J connectivity index is 2.14. The maximum atomic E-state index is 13.2. The van der Waals surface area contributed by atoms with E-state index >= 15 is 0 Å². The van der Waals surface area contributed by atoms with Gasteiger partial charge in [0.25, 0.3) is 0 Å². The van der Waals surface area contributed by atoms with E-state index < -0.39 is 61.5 Å². The molecule has 1 rings (SSSR count). The zero-order valence-corrected chi connectivity index (χ0v) is 48.9. The normalized spacial score (nSPS) is 19.5. The SMILES string of the molecule is CCCCCCCCCCCCC/C=C\C/C=C\CCCCCCCCCCCCCCCCCCC(O)C(=O)NC(COC1OC(CO)C(O)C(O)C1O)C(O)/C=C/CCCCCCCCCCCCCCCC. The first kappa shape index (κ1) is 71.4. The van der Waals surface area contributed by atoms with Crippen molar-refractivity contribution in [2.24, 2.45) is 0 Å². The van der Waals surface area contributed by atoms with Gasteiger partial charge in [0.05, 0.1) is 25.4 Å². The van der Waals surface area contributed by atoms with Gasteiger partial charge in [0.2, 0.25) is 5.91 Å². The molecular formula is C65H123NO9. The number of rotatable bonds is 56. The van der Waals surface area contributed by atoms with E-state index in [0.717, 1.165) is 51.4 Å². The van der Waals surface area contributed by atoms with E-state index in [1.807, 2.05) is 6.08 Å². The molecule has 10 heteroatoms. The molecule has 0 saturated carbocycles. The molecule has 0 radical (unpaired) electrons. The van der Waals surface area contributed by atoms with Crippen molar-refractivity contribution < 1.29 is 44.9 Å². The third kappa shape index (κ3) is 42.9. The van der Waals surface area contributed by atoms with Crippen molar-refractivity contribution in [3.8, 4) is 0 Å². The van der Waals surface area contributed by atoms with Crippen LogP contribution < -0.4 is 5.32 Å². The van der Waals surface area contributed by atoms with E-state index in [9.17, 15) is 35.4 Å². The van der Waals surface area contributed by atoms with Crippen LogP contribution in [0.15, 0.2) is 36.5 Å². The van der Waals surface area contributed by atoms with Gasteiger partial charge >= 0.3 is 0 Å². The van der Waals surface area contributed by atoms with Crippen molar-refractivity contribution in [3.63, 3.8) is 0 Å². The van der Waals surface area contributed by atoms with Crippen LogP contribution in [-0.4, -0.2) is 98.7 Å². The molecule has 0 aliphatic carbocycles. The molecule has 75 heavy (non-hydrogen) atoms. The smallest absolute Gasteiger partial charge is 0.249 e. The van der Waals surface area contributed by atoms with E-state index in [1.165, 1.54) is 238 Å². The van der Waals surface area contributed by atoms with Gasteiger partial charge in [-0.25, -0.2) is 0 Å². The number of aliphatic hydroxyl groups excluding tert-OH is 6. The van der Waals surface area contributed by atoms with Gasteiger partial charge < -0.3 is 45.4 Å². The van der Waals surface area contributed by atoms with Crippen molar-refractivity contribution in [2.75, 3.05) is 13.2 Å². The number of hydrogen-bond acceptors (Lipinski definition) is 9. The van der Waals surface area contributed by atoms with Crippen molar-refractivity contribution in [1.82, 2.24) is 5.32 Å². The number of hydrogen-bond donors (Lipinski definition) is 7. The Hall–Kier alpha value is -1.63. The molecule has 0 spiro atoms. The van der Waals surface area contributed by atoms with Crippen LogP contribution in [0.1, 0.15) is 309 Å². The Labute approximate surface area is 462 Å². The maximum absolute atomic E-state index is 13.2. The van der Waals surface area contributed by atoms with Crippen molar-refractivity contribution in [3.05, 3.63) is 36.5 Å². The molecule has 0 aromatic heterocycles. The molecule has 1 saturated heterocycles. The van der Waals surface area contributed by atoms with Crippen LogP contribution >= 0.6 is 0 Å². The number of nitrogens with one attached hydrogen (secondary N) is 1. The Bertz CT molecular complexity index is 1290. The highest BCUT2D eigenvalue weighted by molar-refractivity contribution is 5.80. The van der Waals surface area contributed by atoms with Gasteiger partial charge in [0.15, 0.2) is 6.29 Å². The molecule has 0 aromatic rings. The van der Waals surface area contributed by atoms with Gasteiger partial charge in [0, 0.05) is 0 Å². The fourth-order valence-corrected chi connectivity index (χ4v) is 10.4. The maximum Gasteiger partial charge on any atom is 0.249 e. The Kier molecular flexibility index (Phi) is 51.7. The first-order valence-corrected chi connectivity index (χ1v) is 32.3. The standard InChI is InChI=1S/C65H123NO9/c1-3-5-7-9-11-13-15-17-19-21-22-23-24-25-26-27-28-29-30-31-32-33-34-35-36-37-38-40-42-44-46-48-50-52-54-59(69)64(73)66-57(56-74-65-63(72)62(71)61(70)60(55-67)75-65)58(68)53-51-49-47-45-43-41-39-20-18-16-14-12-10-8-6-4-2/h24-25,27-28,51,53,57-63,65,67-72H,3-23,26,29-50,52,54-56H2,1-2H3,(H,66,73)/b25-24-,28-27-,53-51+. The minimum atomic E-state index is -1.61. The average Bonchev–Trinajstić information content (AvgIpc) is 3.41.